The first-order chi connectivity index (χ1) is 7.74. The predicted octanol–water partition coefficient (Wildman–Crippen LogP) is 2.78. The van der Waals surface area contributed by atoms with Crippen molar-refractivity contribution in [1.29, 1.82) is 0 Å². The lowest BCUT2D eigenvalue weighted by Gasteiger charge is -2.22. The van der Waals surface area contributed by atoms with Crippen molar-refractivity contribution in [2.45, 2.75) is 57.5 Å². The molecule has 90 valence electrons. The number of anilines is 1. The molecule has 1 unspecified atom stereocenters. The molecular weight excluding hydrogens is 218 g/mol. The Morgan fingerprint density at radius 3 is 2.94 bits per heavy atom. The minimum atomic E-state index is 0.199. The van der Waals surface area contributed by atoms with Crippen LogP contribution in [0, 0.1) is 0 Å². The van der Waals surface area contributed by atoms with Gasteiger partial charge in [0.15, 0.2) is 5.13 Å². The van der Waals surface area contributed by atoms with Crippen LogP contribution in [0.5, 0.6) is 0 Å². The topological polar surface area (TPSA) is 50.9 Å². The summed E-state index contributed by atoms with van der Waals surface area (Å²) in [5, 5.41) is 6.73. The summed E-state index contributed by atoms with van der Waals surface area (Å²) in [6.45, 7) is 2.02. The molecule has 1 saturated carbocycles. The third-order valence-corrected chi connectivity index (χ3v) is 3.84. The summed E-state index contributed by atoms with van der Waals surface area (Å²) in [5.41, 5.74) is 6.89. The highest BCUT2D eigenvalue weighted by Crippen LogP contribution is 2.23. The number of nitrogens with two attached hydrogens (primary N) is 1. The number of thiazole rings is 1. The van der Waals surface area contributed by atoms with Gasteiger partial charge in [-0.05, 0) is 19.8 Å². The molecule has 2 rings (SSSR count). The fraction of sp³-hybridized carbons (Fsp3) is 0.750. The summed E-state index contributed by atoms with van der Waals surface area (Å²) in [7, 11) is 0. The van der Waals surface area contributed by atoms with Crippen LogP contribution in [-0.4, -0.2) is 17.1 Å². The third-order valence-electron chi connectivity index (χ3n) is 3.02. The van der Waals surface area contributed by atoms with E-state index >= 15 is 0 Å². The molecule has 1 fully saturated rings. The van der Waals surface area contributed by atoms with E-state index in [-0.39, 0.29) is 6.04 Å². The molecule has 0 amide bonds. The van der Waals surface area contributed by atoms with Crippen LogP contribution in [-0.2, 0) is 6.42 Å². The summed E-state index contributed by atoms with van der Waals surface area (Å²) in [6.07, 6.45) is 7.57. The van der Waals surface area contributed by atoms with Gasteiger partial charge in [-0.3, -0.25) is 0 Å². The number of aromatic nitrogens is 1. The van der Waals surface area contributed by atoms with Crippen molar-refractivity contribution in [1.82, 2.24) is 4.98 Å². The van der Waals surface area contributed by atoms with Crippen LogP contribution >= 0.6 is 11.3 Å². The van der Waals surface area contributed by atoms with Crippen molar-refractivity contribution >= 4 is 16.5 Å². The van der Waals surface area contributed by atoms with Crippen LogP contribution in [0.15, 0.2) is 5.38 Å². The number of hydrogen-bond donors (Lipinski definition) is 2. The molecule has 1 heterocycles. The van der Waals surface area contributed by atoms with Gasteiger partial charge in [-0.2, -0.15) is 0 Å². The Bertz CT molecular complexity index is 316. The number of nitrogens with one attached hydrogen (secondary N) is 1. The van der Waals surface area contributed by atoms with Crippen molar-refractivity contribution in [3.63, 3.8) is 0 Å². The normalized spacial score (nSPS) is 19.6. The van der Waals surface area contributed by atoms with Crippen LogP contribution in [0.4, 0.5) is 5.13 Å². The zero-order valence-electron chi connectivity index (χ0n) is 9.91. The lowest BCUT2D eigenvalue weighted by atomic mass is 9.96. The first kappa shape index (κ1) is 11.9. The smallest absolute Gasteiger partial charge is 0.183 e. The summed E-state index contributed by atoms with van der Waals surface area (Å²) < 4.78 is 0. The van der Waals surface area contributed by atoms with E-state index in [1.54, 1.807) is 11.3 Å². The molecule has 16 heavy (non-hydrogen) atoms. The number of rotatable bonds is 4. The fourth-order valence-electron chi connectivity index (χ4n) is 2.22. The van der Waals surface area contributed by atoms with Gasteiger partial charge in [0.2, 0.25) is 0 Å². The SMILES string of the molecule is CC(N)Cc1csc(NC2CCCCC2)n1. The predicted molar refractivity (Wildman–Crippen MR) is 70.0 cm³/mol. The van der Waals surface area contributed by atoms with E-state index in [4.69, 9.17) is 5.73 Å². The molecule has 0 aliphatic heterocycles. The van der Waals surface area contributed by atoms with Crippen molar-refractivity contribution in [3.05, 3.63) is 11.1 Å². The molecule has 0 spiro atoms. The zero-order valence-corrected chi connectivity index (χ0v) is 10.7. The van der Waals surface area contributed by atoms with Crippen LogP contribution in [0.2, 0.25) is 0 Å². The van der Waals surface area contributed by atoms with E-state index in [0.29, 0.717) is 6.04 Å². The average molecular weight is 239 g/mol. The van der Waals surface area contributed by atoms with E-state index < -0.39 is 0 Å². The molecule has 1 aromatic heterocycles. The Kier molecular flexibility index (Phi) is 4.18. The second-order valence-corrected chi connectivity index (χ2v) is 5.66. The highest BCUT2D eigenvalue weighted by molar-refractivity contribution is 7.13. The van der Waals surface area contributed by atoms with E-state index in [9.17, 15) is 0 Å². The van der Waals surface area contributed by atoms with E-state index in [1.165, 1.54) is 32.1 Å². The lowest BCUT2D eigenvalue weighted by molar-refractivity contribution is 0.462. The molecule has 3 N–H and O–H groups in total. The Morgan fingerprint density at radius 1 is 1.50 bits per heavy atom. The Balaban J connectivity index is 1.86. The fourth-order valence-corrected chi connectivity index (χ4v) is 3.02. The first-order valence-corrected chi connectivity index (χ1v) is 7.08. The van der Waals surface area contributed by atoms with Gasteiger partial charge in [-0.15, -0.1) is 11.3 Å². The van der Waals surface area contributed by atoms with Gasteiger partial charge in [0.25, 0.3) is 0 Å². The van der Waals surface area contributed by atoms with Gasteiger partial charge in [-0.25, -0.2) is 4.98 Å². The zero-order chi connectivity index (χ0) is 11.4. The molecule has 4 heteroatoms. The van der Waals surface area contributed by atoms with Crippen molar-refractivity contribution in [2.24, 2.45) is 5.73 Å². The lowest BCUT2D eigenvalue weighted by Crippen LogP contribution is -2.22. The van der Waals surface area contributed by atoms with Crippen LogP contribution < -0.4 is 11.1 Å². The molecule has 3 nitrogen and oxygen atoms in total. The van der Waals surface area contributed by atoms with Crippen molar-refractivity contribution in [3.8, 4) is 0 Å². The number of nitrogens with zero attached hydrogens (tertiary/aromatic N) is 1. The minimum absolute atomic E-state index is 0.199. The quantitative estimate of drug-likeness (QED) is 0.849. The molecule has 1 aromatic rings. The molecule has 1 aliphatic carbocycles. The van der Waals surface area contributed by atoms with E-state index in [2.05, 4.69) is 15.7 Å². The Labute approximate surface area is 101 Å². The third kappa shape index (κ3) is 3.46. The Morgan fingerprint density at radius 2 is 2.25 bits per heavy atom. The monoisotopic (exact) mass is 239 g/mol. The van der Waals surface area contributed by atoms with Crippen molar-refractivity contribution < 1.29 is 0 Å². The summed E-state index contributed by atoms with van der Waals surface area (Å²) >= 11 is 1.71. The average Bonchev–Trinajstić information content (AvgIpc) is 2.66. The molecule has 1 aliphatic rings. The molecule has 0 saturated heterocycles. The highest BCUT2D eigenvalue weighted by atomic mass is 32.1. The van der Waals surface area contributed by atoms with Gasteiger partial charge < -0.3 is 11.1 Å². The maximum Gasteiger partial charge on any atom is 0.183 e. The van der Waals surface area contributed by atoms with Gasteiger partial charge in [-0.1, -0.05) is 19.3 Å². The standard InChI is InChI=1S/C12H21N3S/c1-9(13)7-11-8-16-12(15-11)14-10-5-3-2-4-6-10/h8-10H,2-7,13H2,1H3,(H,14,15). The maximum atomic E-state index is 5.76. The molecule has 1 atom stereocenters. The van der Waals surface area contributed by atoms with Crippen molar-refractivity contribution in [2.75, 3.05) is 5.32 Å². The molecule has 0 radical (unpaired) electrons. The van der Waals surface area contributed by atoms with Crippen LogP contribution in [0.25, 0.3) is 0 Å². The highest BCUT2D eigenvalue weighted by Gasteiger charge is 2.14. The first-order valence-electron chi connectivity index (χ1n) is 6.20. The van der Waals surface area contributed by atoms with Crippen LogP contribution in [0.1, 0.15) is 44.7 Å². The number of hydrogen-bond acceptors (Lipinski definition) is 4. The molecule has 0 aromatic carbocycles. The van der Waals surface area contributed by atoms with E-state index in [1.807, 2.05) is 6.92 Å². The largest absolute Gasteiger partial charge is 0.359 e. The van der Waals surface area contributed by atoms with Gasteiger partial charge in [0.05, 0.1) is 5.69 Å². The summed E-state index contributed by atoms with van der Waals surface area (Å²) in [5.74, 6) is 0. The van der Waals surface area contributed by atoms with Crippen LogP contribution in [0.3, 0.4) is 0 Å². The van der Waals surface area contributed by atoms with Gasteiger partial charge in [0, 0.05) is 23.9 Å². The summed E-state index contributed by atoms with van der Waals surface area (Å²) in [4.78, 5) is 4.57. The minimum Gasteiger partial charge on any atom is -0.359 e. The van der Waals surface area contributed by atoms with Gasteiger partial charge >= 0.3 is 0 Å². The van der Waals surface area contributed by atoms with Gasteiger partial charge in [0.1, 0.15) is 0 Å². The summed E-state index contributed by atoms with van der Waals surface area (Å²) in [6, 6.07) is 0.840. The van der Waals surface area contributed by atoms with E-state index in [0.717, 1.165) is 17.2 Å². The molecular formula is C12H21N3S. The molecule has 0 bridgehead atoms. The Hall–Kier alpha value is -0.610. The maximum absolute atomic E-state index is 5.76. The second-order valence-electron chi connectivity index (χ2n) is 4.80. The second kappa shape index (κ2) is 5.64.